The molecule has 0 saturated carbocycles. The smallest absolute Gasteiger partial charge is 0.255 e. The largest absolute Gasteiger partial charge is 0.492 e. The number of carbonyl (C=O) groups excluding carboxylic acids is 2. The molecule has 0 saturated heterocycles. The van der Waals surface area contributed by atoms with E-state index in [1.807, 2.05) is 26.2 Å². The Morgan fingerprint density at radius 2 is 1.86 bits per heavy atom. The molecular formula is C30H41ClN2O4. The van der Waals surface area contributed by atoms with Crippen LogP contribution in [-0.2, 0) is 4.74 Å². The second-order valence-electron chi connectivity index (χ2n) is 9.24. The summed E-state index contributed by atoms with van der Waals surface area (Å²) in [7, 11) is 3.63. The van der Waals surface area contributed by atoms with Crippen LogP contribution in [0.4, 0.5) is 0 Å². The first kappa shape index (κ1) is 30.4. The molecule has 1 atom stereocenters. The van der Waals surface area contributed by atoms with E-state index in [1.165, 1.54) is 0 Å². The molecular weight excluding hydrogens is 488 g/mol. The van der Waals surface area contributed by atoms with E-state index in [1.54, 1.807) is 37.4 Å². The van der Waals surface area contributed by atoms with E-state index < -0.39 is 0 Å². The molecule has 202 valence electrons. The highest BCUT2D eigenvalue weighted by Gasteiger charge is 2.16. The van der Waals surface area contributed by atoms with Gasteiger partial charge in [0.05, 0.1) is 18.8 Å². The molecule has 2 aromatic carbocycles. The van der Waals surface area contributed by atoms with E-state index in [9.17, 15) is 9.59 Å². The lowest BCUT2D eigenvalue weighted by Gasteiger charge is -2.23. The Balaban J connectivity index is 2.13. The van der Waals surface area contributed by atoms with Gasteiger partial charge in [0.25, 0.3) is 5.91 Å². The topological polar surface area (TPSA) is 67.9 Å². The third kappa shape index (κ3) is 9.86. The van der Waals surface area contributed by atoms with Crippen molar-refractivity contribution >= 4 is 36.1 Å². The Morgan fingerprint density at radius 1 is 1.14 bits per heavy atom. The van der Waals surface area contributed by atoms with Crippen molar-refractivity contribution in [2.45, 2.75) is 46.0 Å². The average molecular weight is 529 g/mol. The van der Waals surface area contributed by atoms with Gasteiger partial charge in [0, 0.05) is 55.7 Å². The normalized spacial score (nSPS) is 12.3. The molecule has 0 heterocycles. The van der Waals surface area contributed by atoms with Crippen LogP contribution in [0.2, 0.25) is 5.02 Å². The number of Topliss-reactive ketones (excluding diaryl/α,β-unsaturated/α-hetero) is 1. The number of nitrogens with zero attached hydrogens (tertiary/aromatic N) is 1. The maximum Gasteiger partial charge on any atom is 0.255 e. The van der Waals surface area contributed by atoms with E-state index in [4.69, 9.17) is 21.1 Å². The average Bonchev–Trinajstić information content (AvgIpc) is 2.87. The summed E-state index contributed by atoms with van der Waals surface area (Å²) in [6.45, 7) is 10.4. The number of hydrogen-bond acceptors (Lipinski definition) is 5. The molecule has 0 spiro atoms. The molecule has 1 amide bonds. The van der Waals surface area contributed by atoms with Crippen molar-refractivity contribution < 1.29 is 19.1 Å². The minimum absolute atomic E-state index is 0.149. The fraction of sp³-hybridized carbons (Fsp3) is 0.467. The van der Waals surface area contributed by atoms with E-state index in [2.05, 4.69) is 23.7 Å². The Morgan fingerprint density at radius 3 is 2.51 bits per heavy atom. The maximum atomic E-state index is 12.8. The Kier molecular flexibility index (Phi) is 13.2. The van der Waals surface area contributed by atoms with Gasteiger partial charge in [-0.3, -0.25) is 9.59 Å². The summed E-state index contributed by atoms with van der Waals surface area (Å²) in [6.07, 6.45) is 6.48. The van der Waals surface area contributed by atoms with Crippen LogP contribution in [0.3, 0.4) is 0 Å². The Bertz CT molecular complexity index is 1120. The molecule has 0 fully saturated rings. The van der Waals surface area contributed by atoms with Gasteiger partial charge >= 0.3 is 0 Å². The minimum atomic E-state index is -0.202. The molecule has 7 heteroatoms. The summed E-state index contributed by atoms with van der Waals surface area (Å²) >= 11 is 5.94. The fourth-order valence-corrected chi connectivity index (χ4v) is 4.50. The number of hydrogen-bond donors (Lipinski definition) is 1. The van der Waals surface area contributed by atoms with E-state index >= 15 is 0 Å². The van der Waals surface area contributed by atoms with Gasteiger partial charge in [-0.15, -0.1) is 0 Å². The van der Waals surface area contributed by atoms with Crippen LogP contribution in [0, 0.1) is 5.92 Å². The first-order valence-corrected chi connectivity index (χ1v) is 13.4. The van der Waals surface area contributed by atoms with Crippen molar-refractivity contribution in [2.24, 2.45) is 5.92 Å². The lowest BCUT2D eigenvalue weighted by molar-refractivity contribution is 0.0931. The number of ether oxygens (including phenoxy) is 2. The maximum absolute atomic E-state index is 12.8. The number of benzene rings is 2. The van der Waals surface area contributed by atoms with Crippen LogP contribution >= 0.6 is 11.6 Å². The van der Waals surface area contributed by atoms with Gasteiger partial charge in [-0.2, -0.15) is 0 Å². The number of amides is 1. The molecule has 0 aliphatic heterocycles. The Hall–Kier alpha value is -2.83. The second-order valence-corrected chi connectivity index (χ2v) is 9.68. The lowest BCUT2D eigenvalue weighted by atomic mass is 9.94. The second kappa shape index (κ2) is 16.1. The number of nitrogens with one attached hydrogen (secondary N) is 1. The first-order chi connectivity index (χ1) is 17.8. The standard InChI is InChI=1S/C30H41ClN2O4/c1-6-9-23(10-8-11-28(34)24-13-15-25(31)16-14-24)20-33(4)21-27-22(3)12-17-26(29(27)37-7-2)30(35)32-18-19-36-5/h12-17,21,23H,3,6-11,18-20H2,1-2,4-5H3,(H,32,35)/b27-21+. The highest BCUT2D eigenvalue weighted by Crippen LogP contribution is 2.19. The molecule has 0 bridgehead atoms. The van der Waals surface area contributed by atoms with Gasteiger partial charge in [0.15, 0.2) is 5.78 Å². The number of methoxy groups -OCH3 is 1. The quantitative estimate of drug-likeness (QED) is 0.253. The molecule has 1 unspecified atom stereocenters. The van der Waals surface area contributed by atoms with E-state index in [0.29, 0.717) is 54.0 Å². The van der Waals surface area contributed by atoms with Crippen LogP contribution < -0.4 is 20.5 Å². The molecule has 6 nitrogen and oxygen atoms in total. The molecule has 1 N–H and O–H groups in total. The summed E-state index contributed by atoms with van der Waals surface area (Å²) in [5.74, 6) is 0.925. The van der Waals surface area contributed by atoms with Crippen LogP contribution in [-0.4, -0.2) is 57.1 Å². The van der Waals surface area contributed by atoms with Gasteiger partial charge in [0.2, 0.25) is 0 Å². The number of carbonyl (C=O) groups is 2. The van der Waals surface area contributed by atoms with Crippen LogP contribution in [0.25, 0.3) is 12.8 Å². The molecule has 2 rings (SSSR count). The SMILES string of the molecule is C=c1ccc(C(=O)NCCOC)c(OCC)/c1=C/N(C)CC(CCC)CCCC(=O)c1ccc(Cl)cc1. The summed E-state index contributed by atoms with van der Waals surface area (Å²) in [6, 6.07) is 10.7. The Labute approximate surface area is 226 Å². The minimum Gasteiger partial charge on any atom is -0.492 e. The summed E-state index contributed by atoms with van der Waals surface area (Å²) in [4.78, 5) is 27.5. The van der Waals surface area contributed by atoms with Crippen molar-refractivity contribution in [3.8, 4) is 5.75 Å². The zero-order chi connectivity index (χ0) is 27.2. The molecule has 0 aliphatic carbocycles. The zero-order valence-corrected chi connectivity index (χ0v) is 23.4. The van der Waals surface area contributed by atoms with Gasteiger partial charge < -0.3 is 19.7 Å². The number of rotatable bonds is 16. The fourth-order valence-electron chi connectivity index (χ4n) is 4.37. The van der Waals surface area contributed by atoms with Gasteiger partial charge in [-0.25, -0.2) is 0 Å². The van der Waals surface area contributed by atoms with Crippen molar-refractivity contribution in [1.82, 2.24) is 10.2 Å². The van der Waals surface area contributed by atoms with Crippen molar-refractivity contribution in [2.75, 3.05) is 40.5 Å². The van der Waals surface area contributed by atoms with E-state index in [-0.39, 0.29) is 11.7 Å². The van der Waals surface area contributed by atoms with Crippen LogP contribution in [0.15, 0.2) is 36.4 Å². The number of ketones is 1. The van der Waals surface area contributed by atoms with Gasteiger partial charge in [-0.1, -0.05) is 37.6 Å². The molecule has 2 aromatic rings. The van der Waals surface area contributed by atoms with Gasteiger partial charge in [-0.05, 0) is 67.7 Å². The first-order valence-electron chi connectivity index (χ1n) is 13.0. The molecule has 37 heavy (non-hydrogen) atoms. The highest BCUT2D eigenvalue weighted by molar-refractivity contribution is 6.30. The predicted molar refractivity (Wildman–Crippen MR) is 152 cm³/mol. The van der Waals surface area contributed by atoms with Crippen molar-refractivity contribution in [1.29, 1.82) is 0 Å². The molecule has 0 aliphatic rings. The zero-order valence-electron chi connectivity index (χ0n) is 22.6. The predicted octanol–water partition coefficient (Wildman–Crippen LogP) is 4.66. The van der Waals surface area contributed by atoms with E-state index in [0.717, 1.165) is 42.7 Å². The lowest BCUT2D eigenvalue weighted by Crippen LogP contribution is -2.34. The van der Waals surface area contributed by atoms with Crippen molar-refractivity contribution in [3.05, 3.63) is 63.0 Å². The molecule has 0 radical (unpaired) electrons. The summed E-state index contributed by atoms with van der Waals surface area (Å²) in [5, 5.41) is 5.10. The monoisotopic (exact) mass is 528 g/mol. The van der Waals surface area contributed by atoms with Crippen LogP contribution in [0.5, 0.6) is 5.75 Å². The van der Waals surface area contributed by atoms with Gasteiger partial charge in [0.1, 0.15) is 5.75 Å². The third-order valence-corrected chi connectivity index (χ3v) is 6.44. The highest BCUT2D eigenvalue weighted by atomic mass is 35.5. The number of halogens is 1. The molecule has 0 aromatic heterocycles. The van der Waals surface area contributed by atoms with Crippen molar-refractivity contribution in [3.63, 3.8) is 0 Å². The summed E-state index contributed by atoms with van der Waals surface area (Å²) < 4.78 is 11.0. The summed E-state index contributed by atoms with van der Waals surface area (Å²) in [5.41, 5.74) is 1.19. The third-order valence-electron chi connectivity index (χ3n) is 6.19. The van der Waals surface area contributed by atoms with Crippen LogP contribution in [0.1, 0.15) is 66.7 Å².